The highest BCUT2D eigenvalue weighted by molar-refractivity contribution is 6.34. The third-order valence-corrected chi connectivity index (χ3v) is 5.33. The molecule has 0 saturated carbocycles. The van der Waals surface area contributed by atoms with Gasteiger partial charge in [-0.25, -0.2) is 0 Å². The Morgan fingerprint density at radius 1 is 0.458 bits per heavy atom. The molecule has 6 rings (SSSR count). The molecule has 0 saturated heterocycles. The average Bonchev–Trinajstić information content (AvgIpc) is 2.64. The smallest absolute Gasteiger partial charge is 0.194 e. The van der Waals surface area contributed by atoms with E-state index in [4.69, 9.17) is 0 Å². The van der Waals surface area contributed by atoms with E-state index in [0.29, 0.717) is 0 Å². The lowest BCUT2D eigenvalue weighted by molar-refractivity contribution is 0.104. The first kappa shape index (κ1) is 12.3. The number of hydrogen-bond donors (Lipinski definition) is 0. The number of hydrogen-bond acceptors (Lipinski definition) is 1. The molecule has 1 nitrogen and oxygen atoms in total. The molecule has 0 amide bonds. The molecule has 0 unspecified atom stereocenters. The summed E-state index contributed by atoms with van der Waals surface area (Å²) in [7, 11) is 0. The van der Waals surface area contributed by atoms with Gasteiger partial charge in [-0.2, -0.15) is 0 Å². The first-order valence-electron chi connectivity index (χ1n) is 8.17. The molecule has 0 atom stereocenters. The molecule has 0 radical (unpaired) electrons. The number of fused-ring (bicyclic) bond motifs is 2. The largest absolute Gasteiger partial charge is 0.289 e. The van der Waals surface area contributed by atoms with E-state index >= 15 is 0 Å². The number of carbonyl (C=O) groups is 1. The van der Waals surface area contributed by atoms with Crippen molar-refractivity contribution in [1.29, 1.82) is 0 Å². The maximum absolute atomic E-state index is 13.0. The van der Waals surface area contributed by atoms with Crippen molar-refractivity contribution in [3.63, 3.8) is 0 Å². The van der Waals surface area contributed by atoms with E-state index in [0.717, 1.165) is 22.1 Å². The van der Waals surface area contributed by atoms with Crippen LogP contribution in [0.15, 0.2) is 72.8 Å². The van der Waals surface area contributed by atoms with Gasteiger partial charge in [-0.1, -0.05) is 60.7 Å². The molecule has 0 aliphatic heterocycles. The lowest BCUT2D eigenvalue weighted by Crippen LogP contribution is -2.10. The Kier molecular flexibility index (Phi) is 2.05. The molecule has 0 aromatic heterocycles. The SMILES string of the molecule is O=C1c2ccccc2-c2cc3cccc4ccc5ccc1c2c5c43. The monoisotopic (exact) mass is 304 g/mol. The van der Waals surface area contributed by atoms with Crippen molar-refractivity contribution < 1.29 is 4.79 Å². The van der Waals surface area contributed by atoms with E-state index in [1.807, 2.05) is 24.3 Å². The second kappa shape index (κ2) is 4.01. The van der Waals surface area contributed by atoms with Gasteiger partial charge in [0.2, 0.25) is 0 Å². The molecular formula is C23H12O. The fourth-order valence-electron chi connectivity index (χ4n) is 4.31. The Morgan fingerprint density at radius 2 is 1.17 bits per heavy atom. The molecule has 1 aliphatic rings. The molecule has 0 spiro atoms. The Hall–Kier alpha value is -3.19. The van der Waals surface area contributed by atoms with Gasteiger partial charge in [0.25, 0.3) is 0 Å². The van der Waals surface area contributed by atoms with Gasteiger partial charge < -0.3 is 0 Å². The number of rotatable bonds is 0. The van der Waals surface area contributed by atoms with Gasteiger partial charge in [0.15, 0.2) is 5.78 Å². The predicted octanol–water partition coefficient (Wildman–Crippen LogP) is 5.80. The summed E-state index contributed by atoms with van der Waals surface area (Å²) in [6, 6.07) is 25.0. The maximum Gasteiger partial charge on any atom is 0.194 e. The lowest BCUT2D eigenvalue weighted by Gasteiger charge is -2.22. The van der Waals surface area contributed by atoms with Gasteiger partial charge in [0, 0.05) is 16.5 Å². The summed E-state index contributed by atoms with van der Waals surface area (Å²) < 4.78 is 0. The minimum atomic E-state index is 0.135. The maximum atomic E-state index is 13.0. The molecule has 0 fully saturated rings. The second-order valence-electron chi connectivity index (χ2n) is 6.53. The van der Waals surface area contributed by atoms with Crippen LogP contribution in [0.4, 0.5) is 0 Å². The zero-order valence-corrected chi connectivity index (χ0v) is 12.8. The first-order chi connectivity index (χ1) is 11.8. The summed E-state index contributed by atoms with van der Waals surface area (Å²) in [5, 5.41) is 7.27. The van der Waals surface area contributed by atoms with Crippen LogP contribution >= 0.6 is 0 Å². The summed E-state index contributed by atoms with van der Waals surface area (Å²) >= 11 is 0. The summed E-state index contributed by atoms with van der Waals surface area (Å²) in [4.78, 5) is 13.0. The van der Waals surface area contributed by atoms with Crippen LogP contribution in [0.2, 0.25) is 0 Å². The van der Waals surface area contributed by atoms with Crippen LogP contribution in [-0.2, 0) is 0 Å². The fourth-order valence-corrected chi connectivity index (χ4v) is 4.31. The molecule has 1 heteroatoms. The molecule has 24 heavy (non-hydrogen) atoms. The van der Waals surface area contributed by atoms with Crippen molar-refractivity contribution in [3.8, 4) is 11.1 Å². The molecule has 5 aromatic rings. The van der Waals surface area contributed by atoms with Crippen LogP contribution in [0.1, 0.15) is 15.9 Å². The predicted molar refractivity (Wildman–Crippen MR) is 99.0 cm³/mol. The van der Waals surface area contributed by atoms with Crippen LogP contribution in [0.25, 0.3) is 43.4 Å². The van der Waals surface area contributed by atoms with Crippen molar-refractivity contribution >= 4 is 38.1 Å². The fraction of sp³-hybridized carbons (Fsp3) is 0. The Morgan fingerprint density at radius 3 is 2.04 bits per heavy atom. The number of benzene rings is 5. The molecular weight excluding hydrogens is 292 g/mol. The minimum absolute atomic E-state index is 0.135. The zero-order chi connectivity index (χ0) is 15.8. The van der Waals surface area contributed by atoms with Gasteiger partial charge >= 0.3 is 0 Å². The van der Waals surface area contributed by atoms with Crippen LogP contribution in [0.5, 0.6) is 0 Å². The molecule has 0 N–H and O–H groups in total. The van der Waals surface area contributed by atoms with Gasteiger partial charge in [0.05, 0.1) is 0 Å². The van der Waals surface area contributed by atoms with Crippen molar-refractivity contribution in [2.75, 3.05) is 0 Å². The highest BCUT2D eigenvalue weighted by Crippen LogP contribution is 2.45. The molecule has 110 valence electrons. The van der Waals surface area contributed by atoms with Crippen LogP contribution in [0, 0.1) is 0 Å². The quantitative estimate of drug-likeness (QED) is 0.324. The van der Waals surface area contributed by atoms with E-state index in [9.17, 15) is 4.79 Å². The van der Waals surface area contributed by atoms with E-state index < -0.39 is 0 Å². The van der Waals surface area contributed by atoms with Gasteiger partial charge in [0.1, 0.15) is 0 Å². The van der Waals surface area contributed by atoms with Crippen LogP contribution in [0.3, 0.4) is 0 Å². The van der Waals surface area contributed by atoms with Crippen molar-refractivity contribution in [1.82, 2.24) is 0 Å². The second-order valence-corrected chi connectivity index (χ2v) is 6.53. The van der Waals surface area contributed by atoms with E-state index in [1.54, 1.807) is 0 Å². The Labute approximate surface area is 138 Å². The molecule has 5 aromatic carbocycles. The van der Waals surface area contributed by atoms with E-state index in [1.165, 1.54) is 32.5 Å². The third kappa shape index (κ3) is 1.30. The van der Waals surface area contributed by atoms with Crippen LogP contribution in [-0.4, -0.2) is 5.78 Å². The topological polar surface area (TPSA) is 17.1 Å². The van der Waals surface area contributed by atoms with Crippen molar-refractivity contribution in [2.24, 2.45) is 0 Å². The van der Waals surface area contributed by atoms with Gasteiger partial charge in [-0.05, 0) is 50.2 Å². The van der Waals surface area contributed by atoms with Crippen molar-refractivity contribution in [3.05, 3.63) is 83.9 Å². The standard InChI is InChI=1S/C23H12O/c24-23-17-7-2-1-6-16(17)19-12-15-5-3-4-13-8-9-14-10-11-18(23)22(19)21(14)20(13)15/h1-12H. The third-order valence-electron chi connectivity index (χ3n) is 5.33. The van der Waals surface area contributed by atoms with Crippen molar-refractivity contribution in [2.45, 2.75) is 0 Å². The van der Waals surface area contributed by atoms with Gasteiger partial charge in [-0.3, -0.25) is 4.79 Å². The Balaban J connectivity index is 2.00. The zero-order valence-electron chi connectivity index (χ0n) is 12.8. The Bertz CT molecular complexity index is 1310. The van der Waals surface area contributed by atoms with E-state index in [2.05, 4.69) is 48.5 Å². The number of ketones is 1. The lowest BCUT2D eigenvalue weighted by atomic mass is 9.79. The average molecular weight is 304 g/mol. The summed E-state index contributed by atoms with van der Waals surface area (Å²) in [6.07, 6.45) is 0. The summed E-state index contributed by atoms with van der Waals surface area (Å²) in [5.41, 5.74) is 3.86. The summed E-state index contributed by atoms with van der Waals surface area (Å²) in [6.45, 7) is 0. The van der Waals surface area contributed by atoms with Gasteiger partial charge in [-0.15, -0.1) is 0 Å². The normalized spacial score (nSPS) is 13.1. The molecule has 0 heterocycles. The molecule has 0 bridgehead atoms. The minimum Gasteiger partial charge on any atom is -0.289 e. The summed E-state index contributed by atoms with van der Waals surface area (Å²) in [5.74, 6) is 0.135. The van der Waals surface area contributed by atoms with E-state index in [-0.39, 0.29) is 5.78 Å². The molecule has 1 aliphatic carbocycles. The first-order valence-corrected chi connectivity index (χ1v) is 8.17. The highest BCUT2D eigenvalue weighted by Gasteiger charge is 2.26. The highest BCUT2D eigenvalue weighted by atomic mass is 16.1. The number of carbonyl (C=O) groups excluding carboxylic acids is 1. The van der Waals surface area contributed by atoms with Crippen LogP contribution < -0.4 is 0 Å².